The number of halogens is 1. The maximum atomic E-state index is 6.49. The average molecular weight is 362 g/mol. The molecule has 4 rings (SSSR count). The molecule has 2 unspecified atom stereocenters. The van der Waals surface area contributed by atoms with Crippen molar-refractivity contribution in [2.24, 2.45) is 11.5 Å². The molecule has 25 heavy (non-hydrogen) atoms. The molecule has 0 amide bonds. The Morgan fingerprint density at radius 1 is 1.28 bits per heavy atom. The van der Waals surface area contributed by atoms with Crippen LogP contribution < -0.4 is 16.2 Å². The maximum Gasteiger partial charge on any atom is 0.187 e. The lowest BCUT2D eigenvalue weighted by molar-refractivity contribution is 0.414. The number of nitrogens with zero attached hydrogens (tertiary/aromatic N) is 5. The van der Waals surface area contributed by atoms with Gasteiger partial charge in [0.25, 0.3) is 0 Å². The Balaban J connectivity index is 0.00000182. The minimum Gasteiger partial charge on any atom is -0.497 e. The number of ether oxygens (including phenoxy) is 1. The molecule has 132 valence electrons. The van der Waals surface area contributed by atoms with E-state index in [-0.39, 0.29) is 18.4 Å². The van der Waals surface area contributed by atoms with Gasteiger partial charge in [-0.05, 0) is 43.5 Å². The van der Waals surface area contributed by atoms with Gasteiger partial charge in [-0.25, -0.2) is 9.97 Å². The van der Waals surface area contributed by atoms with E-state index in [1.165, 1.54) is 0 Å². The Labute approximate surface area is 151 Å². The van der Waals surface area contributed by atoms with Gasteiger partial charge in [-0.15, -0.1) is 17.5 Å². The predicted molar refractivity (Wildman–Crippen MR) is 95.9 cm³/mol. The van der Waals surface area contributed by atoms with Crippen molar-refractivity contribution < 1.29 is 4.74 Å². The highest BCUT2D eigenvalue weighted by Crippen LogP contribution is 2.34. The smallest absolute Gasteiger partial charge is 0.187 e. The van der Waals surface area contributed by atoms with Crippen LogP contribution in [0.4, 0.5) is 0 Å². The number of rotatable bonds is 3. The fourth-order valence-electron chi connectivity index (χ4n) is 3.18. The van der Waals surface area contributed by atoms with Crippen LogP contribution in [-0.4, -0.2) is 38.1 Å². The van der Waals surface area contributed by atoms with Crippen molar-refractivity contribution in [3.63, 3.8) is 0 Å². The largest absolute Gasteiger partial charge is 0.497 e. The summed E-state index contributed by atoms with van der Waals surface area (Å²) in [5.41, 5.74) is 14.0. The first kappa shape index (κ1) is 17.5. The summed E-state index contributed by atoms with van der Waals surface area (Å²) in [4.78, 5) is 9.06. The lowest BCUT2D eigenvalue weighted by Crippen LogP contribution is -2.37. The number of fused-ring (bicyclic) bond motifs is 1. The Morgan fingerprint density at radius 2 is 2.04 bits per heavy atom. The van der Waals surface area contributed by atoms with Crippen molar-refractivity contribution >= 4 is 23.6 Å². The Kier molecular flexibility index (Phi) is 4.59. The highest BCUT2D eigenvalue weighted by Gasteiger charge is 2.38. The number of methoxy groups -OCH3 is 1. The Morgan fingerprint density at radius 3 is 2.68 bits per heavy atom. The van der Waals surface area contributed by atoms with E-state index < -0.39 is 5.54 Å². The second kappa shape index (κ2) is 6.55. The van der Waals surface area contributed by atoms with Crippen LogP contribution in [-0.2, 0) is 5.54 Å². The summed E-state index contributed by atoms with van der Waals surface area (Å²) in [7, 11) is 1.63. The molecule has 0 saturated heterocycles. The molecule has 2 atom stereocenters. The van der Waals surface area contributed by atoms with E-state index in [1.54, 1.807) is 18.0 Å². The first-order valence-corrected chi connectivity index (χ1v) is 7.87. The zero-order valence-corrected chi connectivity index (χ0v) is 14.6. The number of benzene rings is 1. The fraction of sp³-hybridized carbons (Fsp3) is 0.375. The van der Waals surface area contributed by atoms with Gasteiger partial charge in [0.05, 0.1) is 24.5 Å². The van der Waals surface area contributed by atoms with Gasteiger partial charge < -0.3 is 16.2 Å². The van der Waals surface area contributed by atoms with E-state index in [0.717, 1.165) is 24.3 Å². The number of aromatic nitrogens is 5. The minimum atomic E-state index is -0.581. The van der Waals surface area contributed by atoms with Crippen molar-refractivity contribution in [3.8, 4) is 11.4 Å². The summed E-state index contributed by atoms with van der Waals surface area (Å²) in [6, 6.07) is 7.63. The van der Waals surface area contributed by atoms with E-state index in [1.807, 2.05) is 24.3 Å². The van der Waals surface area contributed by atoms with E-state index in [0.29, 0.717) is 23.4 Å². The molecule has 1 aromatic carbocycles. The first-order valence-electron chi connectivity index (χ1n) is 7.87. The maximum absolute atomic E-state index is 6.49. The molecule has 2 heterocycles. The monoisotopic (exact) mass is 361 g/mol. The van der Waals surface area contributed by atoms with Crippen LogP contribution in [0.15, 0.2) is 30.5 Å². The fourth-order valence-corrected chi connectivity index (χ4v) is 3.18. The zero-order valence-electron chi connectivity index (χ0n) is 13.8. The molecule has 1 aliphatic carbocycles. The van der Waals surface area contributed by atoms with Gasteiger partial charge in [0.1, 0.15) is 5.75 Å². The quantitative estimate of drug-likeness (QED) is 0.721. The van der Waals surface area contributed by atoms with E-state index >= 15 is 0 Å². The second-order valence-corrected chi connectivity index (χ2v) is 6.26. The molecular formula is C16H20ClN7O. The minimum absolute atomic E-state index is 0. The van der Waals surface area contributed by atoms with Gasteiger partial charge in [0.2, 0.25) is 0 Å². The molecule has 8 nitrogen and oxygen atoms in total. The highest BCUT2D eigenvalue weighted by molar-refractivity contribution is 5.85. The summed E-state index contributed by atoms with van der Waals surface area (Å²) in [6.07, 6.45) is 4.02. The van der Waals surface area contributed by atoms with Crippen LogP contribution in [0.2, 0.25) is 0 Å². The number of nitrogens with two attached hydrogens (primary N) is 2. The summed E-state index contributed by atoms with van der Waals surface area (Å²) < 4.78 is 6.86. The second-order valence-electron chi connectivity index (χ2n) is 6.26. The predicted octanol–water partition coefficient (Wildman–Crippen LogP) is 1.31. The molecule has 1 saturated carbocycles. The molecular weight excluding hydrogens is 342 g/mol. The lowest BCUT2D eigenvalue weighted by atomic mass is 9.98. The highest BCUT2D eigenvalue weighted by atomic mass is 35.5. The number of hydrogen-bond donors (Lipinski definition) is 2. The lowest BCUT2D eigenvalue weighted by Gasteiger charge is -2.21. The summed E-state index contributed by atoms with van der Waals surface area (Å²) in [5, 5.41) is 8.32. The van der Waals surface area contributed by atoms with Crippen LogP contribution in [0, 0.1) is 0 Å². The molecule has 1 fully saturated rings. The SMILES string of the molecule is COc1ccc(-n2nnc3cnc(C4(N)CCC(N)C4)nc32)cc1.Cl. The van der Waals surface area contributed by atoms with Gasteiger partial charge in [0.15, 0.2) is 17.0 Å². The van der Waals surface area contributed by atoms with Crippen LogP contribution in [0.5, 0.6) is 5.75 Å². The summed E-state index contributed by atoms with van der Waals surface area (Å²) in [6.45, 7) is 0. The topological polar surface area (TPSA) is 118 Å². The van der Waals surface area contributed by atoms with Crippen LogP contribution in [0.25, 0.3) is 16.9 Å². The van der Waals surface area contributed by atoms with Gasteiger partial charge in [-0.1, -0.05) is 5.21 Å². The third kappa shape index (κ3) is 3.04. The average Bonchev–Trinajstić information content (AvgIpc) is 3.18. The molecule has 1 aliphatic rings. The molecule has 9 heteroatoms. The zero-order chi connectivity index (χ0) is 16.7. The molecule has 0 spiro atoms. The van der Waals surface area contributed by atoms with Gasteiger partial charge >= 0.3 is 0 Å². The van der Waals surface area contributed by atoms with Crippen LogP contribution in [0.1, 0.15) is 25.1 Å². The van der Waals surface area contributed by atoms with Crippen molar-refractivity contribution in [1.82, 2.24) is 25.0 Å². The van der Waals surface area contributed by atoms with Crippen molar-refractivity contribution in [1.29, 1.82) is 0 Å². The molecule has 0 bridgehead atoms. The van der Waals surface area contributed by atoms with Crippen LogP contribution >= 0.6 is 12.4 Å². The van der Waals surface area contributed by atoms with E-state index in [9.17, 15) is 0 Å². The van der Waals surface area contributed by atoms with E-state index in [2.05, 4.69) is 20.3 Å². The first-order chi connectivity index (χ1) is 11.6. The standard InChI is InChI=1S/C16H19N7O.ClH/c1-24-12-4-2-11(3-5-12)23-14-13(21-22-23)9-19-15(20-14)16(18)7-6-10(17)8-16;/h2-5,9-10H,6-8,17-18H2,1H3;1H. The Bertz CT molecular complexity index is 882. The molecule has 0 radical (unpaired) electrons. The summed E-state index contributed by atoms with van der Waals surface area (Å²) >= 11 is 0. The third-order valence-corrected chi connectivity index (χ3v) is 4.54. The van der Waals surface area contributed by atoms with Gasteiger partial charge in [-0.2, -0.15) is 4.68 Å². The van der Waals surface area contributed by atoms with Crippen molar-refractivity contribution in [2.45, 2.75) is 30.8 Å². The van der Waals surface area contributed by atoms with Crippen LogP contribution in [0.3, 0.4) is 0 Å². The van der Waals surface area contributed by atoms with Gasteiger partial charge in [-0.3, -0.25) is 0 Å². The van der Waals surface area contributed by atoms with E-state index in [4.69, 9.17) is 16.2 Å². The Hall–Kier alpha value is -2.29. The molecule has 2 aromatic heterocycles. The molecule has 4 N–H and O–H groups in total. The molecule has 0 aliphatic heterocycles. The van der Waals surface area contributed by atoms with Crippen molar-refractivity contribution in [3.05, 3.63) is 36.3 Å². The summed E-state index contributed by atoms with van der Waals surface area (Å²) in [5.74, 6) is 1.37. The third-order valence-electron chi connectivity index (χ3n) is 4.54. The van der Waals surface area contributed by atoms with Crippen molar-refractivity contribution in [2.75, 3.05) is 7.11 Å². The number of hydrogen-bond acceptors (Lipinski definition) is 7. The molecule has 3 aromatic rings. The normalized spacial score (nSPS) is 22.8. The van der Waals surface area contributed by atoms with Gasteiger partial charge in [0, 0.05) is 6.04 Å².